The summed E-state index contributed by atoms with van der Waals surface area (Å²) in [6, 6.07) is 1.33. The van der Waals surface area contributed by atoms with Crippen LogP contribution in [-0.4, -0.2) is 22.2 Å². The quantitative estimate of drug-likeness (QED) is 0.684. The molecule has 7 heteroatoms. The Balaban J connectivity index is 2.40. The van der Waals surface area contributed by atoms with Gasteiger partial charge in [0, 0.05) is 6.07 Å². The van der Waals surface area contributed by atoms with Crippen molar-refractivity contribution >= 4 is 11.4 Å². The highest BCUT2D eigenvalue weighted by Gasteiger charge is 2.46. The largest absolute Gasteiger partial charge is 0.371 e. The number of nitro groups is 1. The lowest BCUT2D eigenvalue weighted by Crippen LogP contribution is -2.38. The Morgan fingerprint density at radius 3 is 2.43 bits per heavy atom. The van der Waals surface area contributed by atoms with E-state index in [9.17, 15) is 18.9 Å². The molecule has 21 heavy (non-hydrogen) atoms. The molecule has 1 saturated heterocycles. The van der Waals surface area contributed by atoms with Gasteiger partial charge in [-0.05, 0) is 40.2 Å². The monoisotopic (exact) mass is 300 g/mol. The number of rotatable bonds is 3. The number of nitrogens with zero attached hydrogens (tertiary/aromatic N) is 1. The molecule has 0 radical (unpaired) electrons. The summed E-state index contributed by atoms with van der Waals surface area (Å²) in [5, 5.41) is 13.8. The molecule has 1 fully saturated rings. The zero-order valence-electron chi connectivity index (χ0n) is 12.4. The van der Waals surface area contributed by atoms with Crippen LogP contribution in [0.25, 0.3) is 0 Å². The van der Waals surface area contributed by atoms with Crippen molar-refractivity contribution in [2.24, 2.45) is 0 Å². The fourth-order valence-electron chi connectivity index (χ4n) is 2.79. The molecule has 1 aromatic rings. The molecule has 1 heterocycles. The predicted octanol–water partition coefficient (Wildman–Crippen LogP) is 3.63. The van der Waals surface area contributed by atoms with Crippen molar-refractivity contribution in [1.29, 1.82) is 0 Å². The van der Waals surface area contributed by atoms with Crippen molar-refractivity contribution in [3.63, 3.8) is 0 Å². The van der Waals surface area contributed by atoms with E-state index >= 15 is 0 Å². The molecule has 0 spiro atoms. The van der Waals surface area contributed by atoms with Gasteiger partial charge in [0.25, 0.3) is 5.69 Å². The molecule has 0 bridgehead atoms. The molecule has 0 saturated carbocycles. The third-order valence-electron chi connectivity index (χ3n) is 3.66. The first kappa shape index (κ1) is 15.6. The van der Waals surface area contributed by atoms with Gasteiger partial charge in [-0.3, -0.25) is 10.1 Å². The van der Waals surface area contributed by atoms with Crippen molar-refractivity contribution in [1.82, 2.24) is 0 Å². The number of hydrogen-bond acceptors (Lipinski definition) is 4. The van der Waals surface area contributed by atoms with Crippen LogP contribution in [0.2, 0.25) is 0 Å². The first-order valence-corrected chi connectivity index (χ1v) is 6.62. The van der Waals surface area contributed by atoms with Crippen LogP contribution in [0.15, 0.2) is 12.1 Å². The molecular weight excluding hydrogens is 282 g/mol. The Labute approximate surface area is 121 Å². The first-order valence-electron chi connectivity index (χ1n) is 6.62. The van der Waals surface area contributed by atoms with Gasteiger partial charge in [-0.1, -0.05) is 0 Å². The van der Waals surface area contributed by atoms with Crippen LogP contribution in [-0.2, 0) is 4.74 Å². The van der Waals surface area contributed by atoms with Gasteiger partial charge < -0.3 is 10.1 Å². The van der Waals surface area contributed by atoms with Crippen LogP contribution in [0, 0.1) is 21.7 Å². The number of benzene rings is 1. The molecule has 1 atom stereocenters. The average Bonchev–Trinajstić information content (AvgIpc) is 2.52. The highest BCUT2D eigenvalue weighted by Crippen LogP contribution is 2.40. The van der Waals surface area contributed by atoms with Gasteiger partial charge in [0.1, 0.15) is 0 Å². The second-order valence-electron chi connectivity index (χ2n) is 6.38. The van der Waals surface area contributed by atoms with Gasteiger partial charge in [-0.25, -0.2) is 8.78 Å². The van der Waals surface area contributed by atoms with Gasteiger partial charge in [-0.15, -0.1) is 0 Å². The summed E-state index contributed by atoms with van der Waals surface area (Å²) >= 11 is 0. The van der Waals surface area contributed by atoms with Gasteiger partial charge >= 0.3 is 0 Å². The normalized spacial score (nSPS) is 23.0. The highest BCUT2D eigenvalue weighted by molar-refractivity contribution is 5.63. The minimum absolute atomic E-state index is 0.373. The smallest absolute Gasteiger partial charge is 0.295 e. The van der Waals surface area contributed by atoms with E-state index in [1.54, 1.807) is 0 Å². The molecule has 5 nitrogen and oxygen atoms in total. The lowest BCUT2D eigenvalue weighted by Gasteiger charge is -2.28. The summed E-state index contributed by atoms with van der Waals surface area (Å²) in [4.78, 5) is 10.3. The first-order chi connectivity index (χ1) is 9.53. The third-order valence-corrected chi connectivity index (χ3v) is 3.66. The summed E-state index contributed by atoms with van der Waals surface area (Å²) in [5.74, 6) is -2.37. The molecule has 116 valence electrons. The highest BCUT2D eigenvalue weighted by atomic mass is 19.2. The van der Waals surface area contributed by atoms with E-state index in [1.807, 2.05) is 27.7 Å². The summed E-state index contributed by atoms with van der Waals surface area (Å²) in [5.41, 5.74) is -2.02. The zero-order chi connectivity index (χ0) is 16.0. The number of nitrogens with one attached hydrogen (secondary N) is 1. The number of anilines is 1. The maximum absolute atomic E-state index is 13.9. The third kappa shape index (κ3) is 2.97. The van der Waals surface area contributed by atoms with E-state index in [1.165, 1.54) is 0 Å². The number of halogens is 2. The van der Waals surface area contributed by atoms with E-state index in [4.69, 9.17) is 4.74 Å². The van der Waals surface area contributed by atoms with Crippen LogP contribution in [0.5, 0.6) is 0 Å². The Hall–Kier alpha value is -1.76. The number of ether oxygens (including phenoxy) is 1. The van der Waals surface area contributed by atoms with Gasteiger partial charge in [0.2, 0.25) is 0 Å². The van der Waals surface area contributed by atoms with Gasteiger partial charge in [0.15, 0.2) is 17.3 Å². The standard InChI is InChI=1S/C14H18F2N2O3/c1-13(2)7-10(14(3,4)21-13)17-12-9(18(19)20)6-5-8(15)11(12)16/h5-6,10,17H,7H2,1-4H3. The van der Waals surface area contributed by atoms with Gasteiger partial charge in [0.05, 0.1) is 22.2 Å². The minimum atomic E-state index is -1.25. The van der Waals surface area contributed by atoms with Crippen LogP contribution in [0.4, 0.5) is 20.2 Å². The molecule has 2 rings (SSSR count). The molecule has 1 aliphatic rings. The average molecular weight is 300 g/mol. The molecule has 0 amide bonds. The molecule has 1 unspecified atom stereocenters. The predicted molar refractivity (Wildman–Crippen MR) is 74.3 cm³/mol. The Morgan fingerprint density at radius 2 is 1.95 bits per heavy atom. The summed E-state index contributed by atoms with van der Waals surface area (Å²) < 4.78 is 33.2. The maximum atomic E-state index is 13.9. The van der Waals surface area contributed by atoms with Gasteiger partial charge in [-0.2, -0.15) is 0 Å². The molecule has 0 aliphatic carbocycles. The molecular formula is C14H18F2N2O3. The van der Waals surface area contributed by atoms with Crippen LogP contribution < -0.4 is 5.32 Å². The van der Waals surface area contributed by atoms with E-state index in [0.29, 0.717) is 6.42 Å². The van der Waals surface area contributed by atoms with Crippen molar-refractivity contribution in [2.75, 3.05) is 5.32 Å². The second kappa shape index (κ2) is 4.91. The SMILES string of the molecule is CC1(C)CC(Nc2c([N+](=O)[O-])ccc(F)c2F)C(C)(C)O1. The molecule has 1 aliphatic heterocycles. The van der Waals surface area contributed by atoms with Crippen LogP contribution in [0.1, 0.15) is 34.1 Å². The fraction of sp³-hybridized carbons (Fsp3) is 0.571. The van der Waals surface area contributed by atoms with Crippen molar-refractivity contribution in [3.8, 4) is 0 Å². The van der Waals surface area contributed by atoms with E-state index in [2.05, 4.69) is 5.32 Å². The van der Waals surface area contributed by atoms with Crippen molar-refractivity contribution in [3.05, 3.63) is 33.9 Å². The number of nitro benzene ring substituents is 1. The second-order valence-corrected chi connectivity index (χ2v) is 6.38. The van der Waals surface area contributed by atoms with E-state index < -0.39 is 39.1 Å². The summed E-state index contributed by atoms with van der Waals surface area (Å²) in [6.45, 7) is 7.38. The fourth-order valence-corrected chi connectivity index (χ4v) is 2.79. The van der Waals surface area contributed by atoms with Crippen molar-refractivity contribution < 1.29 is 18.4 Å². The van der Waals surface area contributed by atoms with E-state index in [0.717, 1.165) is 12.1 Å². The zero-order valence-corrected chi connectivity index (χ0v) is 12.4. The lowest BCUT2D eigenvalue weighted by atomic mass is 9.94. The Bertz CT molecular complexity index is 588. The molecule has 1 N–H and O–H groups in total. The maximum Gasteiger partial charge on any atom is 0.295 e. The van der Waals surface area contributed by atoms with Crippen molar-refractivity contribution in [2.45, 2.75) is 51.4 Å². The summed E-state index contributed by atoms with van der Waals surface area (Å²) in [6.07, 6.45) is 0.521. The van der Waals surface area contributed by atoms with Crippen LogP contribution >= 0.6 is 0 Å². The molecule has 1 aromatic carbocycles. The summed E-state index contributed by atoms with van der Waals surface area (Å²) in [7, 11) is 0. The number of hydrogen-bond donors (Lipinski definition) is 1. The molecule has 0 aromatic heterocycles. The minimum Gasteiger partial charge on any atom is -0.371 e. The Morgan fingerprint density at radius 1 is 1.33 bits per heavy atom. The topological polar surface area (TPSA) is 64.4 Å². The van der Waals surface area contributed by atoms with E-state index in [-0.39, 0.29) is 6.04 Å². The Kier molecular flexibility index (Phi) is 3.65. The lowest BCUT2D eigenvalue weighted by molar-refractivity contribution is -0.384. The van der Waals surface area contributed by atoms with Crippen LogP contribution in [0.3, 0.4) is 0 Å².